The van der Waals surface area contributed by atoms with Gasteiger partial charge >= 0.3 is 5.97 Å². The lowest BCUT2D eigenvalue weighted by molar-refractivity contribution is -0.146. The fourth-order valence-electron chi connectivity index (χ4n) is 1.78. The van der Waals surface area contributed by atoms with Gasteiger partial charge in [0, 0.05) is 15.7 Å². The van der Waals surface area contributed by atoms with Crippen LogP contribution in [0.1, 0.15) is 6.42 Å². The zero-order valence-corrected chi connectivity index (χ0v) is 15.3. The lowest BCUT2D eigenvalue weighted by atomic mass is 10.3. The van der Waals surface area contributed by atoms with Crippen molar-refractivity contribution in [2.24, 2.45) is 0 Å². The Morgan fingerprint density at radius 3 is 2.52 bits per heavy atom. The first-order valence-corrected chi connectivity index (χ1v) is 8.97. The van der Waals surface area contributed by atoms with E-state index in [0.717, 1.165) is 4.90 Å². The van der Waals surface area contributed by atoms with Crippen molar-refractivity contribution in [3.63, 3.8) is 0 Å². The quantitative estimate of drug-likeness (QED) is 0.534. The molecule has 1 N–H and O–H groups in total. The molecule has 0 bridgehead atoms. The summed E-state index contributed by atoms with van der Waals surface area (Å²) >= 11 is 13.1. The molecule has 0 aliphatic carbocycles. The van der Waals surface area contributed by atoms with E-state index in [1.165, 1.54) is 30.0 Å². The number of carbonyl (C=O) groups is 2. The highest BCUT2D eigenvalue weighted by molar-refractivity contribution is 7.99. The number of carbonyl (C=O) groups excluding carboxylic acids is 2. The molecule has 0 fully saturated rings. The number of rotatable bonds is 7. The van der Waals surface area contributed by atoms with Crippen molar-refractivity contribution in [1.82, 2.24) is 0 Å². The van der Waals surface area contributed by atoms with Crippen molar-refractivity contribution < 1.29 is 18.7 Å². The first kappa shape index (κ1) is 19.6. The van der Waals surface area contributed by atoms with Crippen LogP contribution in [0, 0.1) is 5.82 Å². The third kappa shape index (κ3) is 6.94. The zero-order chi connectivity index (χ0) is 18.2. The van der Waals surface area contributed by atoms with Crippen molar-refractivity contribution in [2.45, 2.75) is 11.3 Å². The van der Waals surface area contributed by atoms with Crippen LogP contribution in [-0.2, 0) is 14.3 Å². The van der Waals surface area contributed by atoms with Crippen molar-refractivity contribution in [3.05, 3.63) is 58.3 Å². The fraction of sp³-hybridized carbons (Fsp3) is 0.176. The van der Waals surface area contributed by atoms with Gasteiger partial charge in [-0.05, 0) is 42.5 Å². The van der Waals surface area contributed by atoms with Gasteiger partial charge in [0.15, 0.2) is 6.61 Å². The lowest BCUT2D eigenvalue weighted by Gasteiger charge is -2.08. The number of anilines is 1. The molecule has 0 aliphatic heterocycles. The molecule has 0 heterocycles. The topological polar surface area (TPSA) is 55.4 Å². The minimum absolute atomic E-state index is 0.136. The average molecular weight is 402 g/mol. The van der Waals surface area contributed by atoms with E-state index in [9.17, 15) is 14.0 Å². The zero-order valence-electron chi connectivity index (χ0n) is 12.9. The van der Waals surface area contributed by atoms with Gasteiger partial charge in [-0.2, -0.15) is 0 Å². The summed E-state index contributed by atoms with van der Waals surface area (Å²) < 4.78 is 17.7. The maximum absolute atomic E-state index is 12.8. The molecule has 0 saturated carbocycles. The van der Waals surface area contributed by atoms with Crippen LogP contribution in [0.2, 0.25) is 10.0 Å². The Bertz CT molecular complexity index is 756. The number of halogens is 3. The van der Waals surface area contributed by atoms with Gasteiger partial charge in [-0.15, -0.1) is 11.8 Å². The first-order valence-electron chi connectivity index (χ1n) is 7.23. The SMILES string of the molecule is O=C(COC(=O)CCSc1ccc(F)cc1)Nc1ccc(Cl)cc1Cl. The van der Waals surface area contributed by atoms with Crippen LogP contribution >= 0.6 is 35.0 Å². The fourth-order valence-corrected chi connectivity index (χ4v) is 3.07. The second-order valence-electron chi connectivity index (χ2n) is 4.89. The summed E-state index contributed by atoms with van der Waals surface area (Å²) in [5.41, 5.74) is 0.388. The Morgan fingerprint density at radius 1 is 1.12 bits per heavy atom. The molecule has 0 saturated heterocycles. The highest BCUT2D eigenvalue weighted by atomic mass is 35.5. The van der Waals surface area contributed by atoms with Gasteiger partial charge < -0.3 is 10.1 Å². The first-order chi connectivity index (χ1) is 11.9. The van der Waals surface area contributed by atoms with E-state index in [4.69, 9.17) is 27.9 Å². The molecule has 0 spiro atoms. The molecule has 2 aromatic carbocycles. The molecule has 8 heteroatoms. The summed E-state index contributed by atoms with van der Waals surface area (Å²) in [5.74, 6) is -0.832. The van der Waals surface area contributed by atoms with Crippen molar-refractivity contribution in [1.29, 1.82) is 0 Å². The normalized spacial score (nSPS) is 10.4. The molecule has 2 rings (SSSR count). The van der Waals surface area contributed by atoms with Crippen LogP contribution in [0.4, 0.5) is 10.1 Å². The molecular weight excluding hydrogens is 388 g/mol. The number of amides is 1. The number of hydrogen-bond donors (Lipinski definition) is 1. The van der Waals surface area contributed by atoms with Crippen LogP contribution in [0.5, 0.6) is 0 Å². The van der Waals surface area contributed by atoms with E-state index in [1.54, 1.807) is 24.3 Å². The summed E-state index contributed by atoms with van der Waals surface area (Å²) in [7, 11) is 0. The maximum atomic E-state index is 12.8. The summed E-state index contributed by atoms with van der Waals surface area (Å²) in [4.78, 5) is 24.2. The Morgan fingerprint density at radius 2 is 1.84 bits per heavy atom. The monoisotopic (exact) mass is 401 g/mol. The van der Waals surface area contributed by atoms with Crippen molar-refractivity contribution >= 4 is 52.5 Å². The van der Waals surface area contributed by atoms with Crippen molar-refractivity contribution in [2.75, 3.05) is 17.7 Å². The molecule has 0 aromatic heterocycles. The molecular formula is C17H14Cl2FNO3S. The van der Waals surface area contributed by atoms with Gasteiger partial charge in [0.25, 0.3) is 5.91 Å². The molecule has 2 aromatic rings. The van der Waals surface area contributed by atoms with Gasteiger partial charge in [0.2, 0.25) is 0 Å². The van der Waals surface area contributed by atoms with Gasteiger partial charge in [-0.25, -0.2) is 4.39 Å². The molecule has 0 radical (unpaired) electrons. The molecule has 0 atom stereocenters. The Labute approximate surface area is 158 Å². The van der Waals surface area contributed by atoms with Crippen LogP contribution in [0.25, 0.3) is 0 Å². The third-order valence-electron chi connectivity index (χ3n) is 2.96. The summed E-state index contributed by atoms with van der Waals surface area (Å²) in [5, 5.41) is 3.28. The standard InChI is InChI=1S/C17H14Cl2FNO3S/c18-11-1-6-15(14(19)9-11)21-16(22)10-24-17(23)7-8-25-13-4-2-12(20)3-5-13/h1-6,9H,7-8,10H2,(H,21,22). The summed E-state index contributed by atoms with van der Waals surface area (Å²) in [6.07, 6.45) is 0.136. The molecule has 0 unspecified atom stereocenters. The van der Waals surface area contributed by atoms with Crippen molar-refractivity contribution in [3.8, 4) is 0 Å². The minimum Gasteiger partial charge on any atom is -0.456 e. The Balaban J connectivity index is 1.68. The second-order valence-corrected chi connectivity index (χ2v) is 6.90. The number of ether oxygens (including phenoxy) is 1. The number of hydrogen-bond acceptors (Lipinski definition) is 4. The van der Waals surface area contributed by atoms with Gasteiger partial charge in [-0.3, -0.25) is 9.59 Å². The Hall–Kier alpha value is -1.76. The smallest absolute Gasteiger partial charge is 0.307 e. The van der Waals surface area contributed by atoms with Crippen LogP contribution in [0.3, 0.4) is 0 Å². The number of nitrogens with one attached hydrogen (secondary N) is 1. The van der Waals surface area contributed by atoms with E-state index in [2.05, 4.69) is 5.32 Å². The number of thioether (sulfide) groups is 1. The van der Waals surface area contributed by atoms with Crippen LogP contribution in [0.15, 0.2) is 47.4 Å². The van der Waals surface area contributed by atoms with E-state index in [-0.39, 0.29) is 12.2 Å². The molecule has 0 aliphatic rings. The van der Waals surface area contributed by atoms with Crippen LogP contribution in [-0.4, -0.2) is 24.2 Å². The maximum Gasteiger partial charge on any atom is 0.307 e. The number of benzene rings is 2. The van der Waals surface area contributed by atoms with E-state index in [0.29, 0.717) is 21.5 Å². The van der Waals surface area contributed by atoms with Crippen LogP contribution < -0.4 is 5.32 Å². The predicted molar refractivity (Wildman–Crippen MR) is 97.8 cm³/mol. The lowest BCUT2D eigenvalue weighted by Crippen LogP contribution is -2.21. The highest BCUT2D eigenvalue weighted by Gasteiger charge is 2.10. The summed E-state index contributed by atoms with van der Waals surface area (Å²) in [6, 6.07) is 10.6. The minimum atomic E-state index is -0.497. The highest BCUT2D eigenvalue weighted by Crippen LogP contribution is 2.25. The third-order valence-corrected chi connectivity index (χ3v) is 4.52. The van der Waals surface area contributed by atoms with E-state index in [1.807, 2.05) is 0 Å². The molecule has 1 amide bonds. The second kappa shape index (κ2) is 9.65. The Kier molecular flexibility index (Phi) is 7.55. The predicted octanol–water partition coefficient (Wildman–Crippen LogP) is 4.80. The van der Waals surface area contributed by atoms with Gasteiger partial charge in [-0.1, -0.05) is 23.2 Å². The molecule has 25 heavy (non-hydrogen) atoms. The summed E-state index contributed by atoms with van der Waals surface area (Å²) in [6.45, 7) is -0.404. The van der Waals surface area contributed by atoms with Gasteiger partial charge in [0.05, 0.1) is 17.1 Å². The van der Waals surface area contributed by atoms with E-state index >= 15 is 0 Å². The molecule has 132 valence electrons. The number of esters is 1. The molecule has 4 nitrogen and oxygen atoms in total. The van der Waals surface area contributed by atoms with E-state index < -0.39 is 18.5 Å². The average Bonchev–Trinajstić information content (AvgIpc) is 2.57. The largest absolute Gasteiger partial charge is 0.456 e. The van der Waals surface area contributed by atoms with Gasteiger partial charge in [0.1, 0.15) is 5.82 Å².